The molecule has 0 aliphatic heterocycles. The van der Waals surface area contributed by atoms with E-state index in [4.69, 9.17) is 13.6 Å². The highest BCUT2D eigenvalue weighted by Crippen LogP contribution is 2.32. The van der Waals surface area contributed by atoms with Gasteiger partial charge in [0.05, 0.1) is 36.0 Å². The van der Waals surface area contributed by atoms with Gasteiger partial charge < -0.3 is 34.8 Å². The zero-order chi connectivity index (χ0) is 36.1. The smallest absolute Gasteiger partial charge is 0.435 e. The highest BCUT2D eigenvalue weighted by Gasteiger charge is 2.25. The van der Waals surface area contributed by atoms with Crippen LogP contribution in [0.25, 0.3) is 44.0 Å². The maximum absolute atomic E-state index is 12.5. The van der Waals surface area contributed by atoms with E-state index in [0.717, 1.165) is 57.4 Å². The zero-order valence-electron chi connectivity index (χ0n) is 29.2. The van der Waals surface area contributed by atoms with Gasteiger partial charge in [-0.25, -0.2) is 14.8 Å². The minimum atomic E-state index is -0.607. The summed E-state index contributed by atoms with van der Waals surface area (Å²) in [6.45, 7) is 5.46. The summed E-state index contributed by atoms with van der Waals surface area (Å²) in [7, 11) is 0. The molecule has 0 radical (unpaired) electrons. The van der Waals surface area contributed by atoms with E-state index < -0.39 is 11.7 Å². The molecule has 2 aliphatic rings. The zero-order valence-corrected chi connectivity index (χ0v) is 29.2. The van der Waals surface area contributed by atoms with Crippen molar-refractivity contribution in [2.24, 2.45) is 0 Å². The lowest BCUT2D eigenvalue weighted by molar-refractivity contribution is 0.0522. The second-order valence-electron chi connectivity index (χ2n) is 14.1. The average Bonchev–Trinajstić information content (AvgIpc) is 3.82. The summed E-state index contributed by atoms with van der Waals surface area (Å²) >= 11 is 0. The molecular formula is C37H36N12O4. The van der Waals surface area contributed by atoms with Crippen molar-refractivity contribution < 1.29 is 18.4 Å². The summed E-state index contributed by atoms with van der Waals surface area (Å²) in [5, 5.41) is 26.3. The number of furan rings is 2. The second-order valence-corrected chi connectivity index (χ2v) is 14.1. The molecule has 16 heteroatoms. The van der Waals surface area contributed by atoms with E-state index in [1.54, 1.807) is 31.0 Å². The molecule has 0 saturated heterocycles. The molecule has 5 N–H and O–H groups in total. The van der Waals surface area contributed by atoms with Gasteiger partial charge in [-0.1, -0.05) is 0 Å². The lowest BCUT2D eigenvalue weighted by atomic mass is 10.2. The Labute approximate surface area is 301 Å². The molecule has 2 fully saturated rings. The molecule has 6 aromatic heterocycles. The van der Waals surface area contributed by atoms with Crippen LogP contribution in [-0.4, -0.2) is 63.7 Å². The van der Waals surface area contributed by atoms with Gasteiger partial charge in [-0.15, -0.1) is 0 Å². The number of hydrogen-bond acceptors (Lipinski definition) is 14. The van der Waals surface area contributed by atoms with Crippen molar-refractivity contribution in [2.75, 3.05) is 21.3 Å². The number of fused-ring (bicyclic) bond motifs is 4. The maximum atomic E-state index is 12.5. The van der Waals surface area contributed by atoms with Crippen LogP contribution in [0.2, 0.25) is 0 Å². The number of anilines is 6. The van der Waals surface area contributed by atoms with Crippen LogP contribution in [0.4, 0.5) is 39.7 Å². The Kier molecular flexibility index (Phi) is 7.78. The molecule has 0 unspecified atom stereocenters. The van der Waals surface area contributed by atoms with Crippen LogP contribution in [0, 0.1) is 0 Å². The number of nitrogens with zero attached hydrogens (tertiary/aromatic N) is 7. The summed E-state index contributed by atoms with van der Waals surface area (Å²) in [6, 6.07) is 16.1. The average molecular weight is 713 g/mol. The Morgan fingerprint density at radius 2 is 1.36 bits per heavy atom. The number of hydrogen-bond donors (Lipinski definition) is 5. The Hall–Kier alpha value is -6.71. The van der Waals surface area contributed by atoms with Crippen molar-refractivity contribution in [1.29, 1.82) is 0 Å². The van der Waals surface area contributed by atoms with Crippen LogP contribution in [0.15, 0.2) is 82.3 Å². The van der Waals surface area contributed by atoms with Gasteiger partial charge in [0.15, 0.2) is 22.8 Å². The fourth-order valence-electron chi connectivity index (χ4n) is 5.70. The van der Waals surface area contributed by atoms with Crippen molar-refractivity contribution in [1.82, 2.24) is 39.9 Å². The van der Waals surface area contributed by atoms with Gasteiger partial charge in [-0.3, -0.25) is 5.10 Å². The van der Waals surface area contributed by atoms with Crippen molar-refractivity contribution in [3.63, 3.8) is 0 Å². The van der Waals surface area contributed by atoms with E-state index in [9.17, 15) is 4.79 Å². The third-order valence-corrected chi connectivity index (χ3v) is 8.54. The Morgan fingerprint density at radius 1 is 0.774 bits per heavy atom. The molecule has 53 heavy (non-hydrogen) atoms. The predicted molar refractivity (Wildman–Crippen MR) is 201 cm³/mol. The number of ether oxygens (including phenoxy) is 1. The van der Waals surface area contributed by atoms with Gasteiger partial charge in [0, 0.05) is 46.4 Å². The lowest BCUT2D eigenvalue weighted by Crippen LogP contribution is -2.27. The number of carbonyl (C=O) groups excluding carboxylic acids is 1. The number of aromatic nitrogens is 8. The third-order valence-electron chi connectivity index (χ3n) is 8.54. The Morgan fingerprint density at radius 3 is 1.94 bits per heavy atom. The molecule has 16 nitrogen and oxygen atoms in total. The number of rotatable bonds is 8. The monoisotopic (exact) mass is 712 g/mol. The van der Waals surface area contributed by atoms with Crippen molar-refractivity contribution in [3.8, 4) is 0 Å². The number of nitrogens with one attached hydrogen (secondary N) is 5. The molecular weight excluding hydrogens is 676 g/mol. The lowest BCUT2D eigenvalue weighted by Gasteiger charge is -2.19. The number of aromatic amines is 1. The summed E-state index contributed by atoms with van der Waals surface area (Å²) < 4.78 is 17.7. The fraction of sp³-hybridized carbons (Fsp3) is 0.270. The van der Waals surface area contributed by atoms with E-state index >= 15 is 0 Å². The van der Waals surface area contributed by atoms with Crippen molar-refractivity contribution in [2.45, 2.75) is 64.1 Å². The van der Waals surface area contributed by atoms with E-state index in [-0.39, 0.29) is 0 Å². The summed E-state index contributed by atoms with van der Waals surface area (Å²) in [5.74, 6) is 2.40. The molecule has 0 spiro atoms. The van der Waals surface area contributed by atoms with Crippen molar-refractivity contribution >= 4 is 85.0 Å². The first-order chi connectivity index (χ1) is 25.7. The SMILES string of the molecule is CC(C)(C)OC(=O)n1ncc2ccc(Nc3nc(NC4CC4)c4occc4n3)cc21.c1cc2nc(Nc3ccc4cn[nH]c4c3)nc(NC3CC3)c2o1. The van der Waals surface area contributed by atoms with Crippen LogP contribution in [0.1, 0.15) is 46.5 Å². The van der Waals surface area contributed by atoms with Gasteiger partial charge in [0.25, 0.3) is 0 Å². The molecule has 10 rings (SSSR count). The molecule has 8 aromatic rings. The largest absolute Gasteiger partial charge is 0.459 e. The molecule has 2 aromatic carbocycles. The quantitative estimate of drug-likeness (QED) is 0.101. The number of benzene rings is 2. The molecule has 6 heterocycles. The van der Waals surface area contributed by atoms with Gasteiger partial charge >= 0.3 is 6.09 Å². The van der Waals surface area contributed by atoms with Crippen LogP contribution < -0.4 is 21.3 Å². The maximum Gasteiger partial charge on any atom is 0.435 e. The molecule has 2 saturated carbocycles. The highest BCUT2D eigenvalue weighted by molar-refractivity contribution is 5.91. The van der Waals surface area contributed by atoms with E-state index in [0.29, 0.717) is 46.5 Å². The molecule has 0 atom stereocenters. The van der Waals surface area contributed by atoms with Crippen LogP contribution >= 0.6 is 0 Å². The third kappa shape index (κ3) is 7.11. The molecule has 2 aliphatic carbocycles. The Balaban J connectivity index is 0.000000145. The normalized spacial score (nSPS) is 14.3. The van der Waals surface area contributed by atoms with E-state index in [1.165, 1.54) is 17.5 Å². The fourth-order valence-corrected chi connectivity index (χ4v) is 5.70. The predicted octanol–water partition coefficient (Wildman–Crippen LogP) is 8.09. The summed E-state index contributed by atoms with van der Waals surface area (Å²) in [6.07, 6.45) is 10.7. The number of carbonyl (C=O) groups is 1. The van der Waals surface area contributed by atoms with Crippen LogP contribution in [-0.2, 0) is 4.74 Å². The minimum Gasteiger partial charge on any atom is -0.459 e. The first-order valence-corrected chi connectivity index (χ1v) is 17.4. The van der Waals surface area contributed by atoms with E-state index in [2.05, 4.69) is 56.5 Å². The summed E-state index contributed by atoms with van der Waals surface area (Å²) in [4.78, 5) is 30.7. The van der Waals surface area contributed by atoms with Crippen LogP contribution in [0.5, 0.6) is 0 Å². The van der Waals surface area contributed by atoms with Gasteiger partial charge in [-0.2, -0.15) is 24.8 Å². The standard InChI is InChI=1S/C21H22N6O3.C16H14N6O/c1-21(2,3)30-20(28)27-16-10-14(5-4-12(16)11-22-27)24-19-25-15-8-9-29-17(15)18(26-19)23-13-6-7-13;1-2-11(7-13-9(1)8-17-22-13)19-16-20-12-5-6-23-14(12)15(21-16)18-10-3-4-10/h4-5,8-11,13H,6-7H2,1-3H3,(H2,23,24,25,26);1-2,5-8,10H,3-4H2,(H,17,22)(H2,18,19,20,21). The van der Waals surface area contributed by atoms with Gasteiger partial charge in [0.2, 0.25) is 11.9 Å². The Bertz CT molecular complexity index is 2610. The molecule has 0 amide bonds. The second kappa shape index (κ2) is 12.8. The number of H-pyrrole nitrogens is 1. The van der Waals surface area contributed by atoms with E-state index in [1.807, 2.05) is 63.2 Å². The van der Waals surface area contributed by atoms with Gasteiger partial charge in [0.1, 0.15) is 16.6 Å². The molecule has 268 valence electrons. The minimum absolute atomic E-state index is 0.431. The first-order valence-electron chi connectivity index (χ1n) is 17.4. The molecule has 0 bridgehead atoms. The topological polar surface area (TPSA) is 199 Å². The van der Waals surface area contributed by atoms with Crippen molar-refractivity contribution in [3.05, 3.63) is 73.5 Å². The highest BCUT2D eigenvalue weighted by atomic mass is 16.6. The van der Waals surface area contributed by atoms with Crippen LogP contribution in [0.3, 0.4) is 0 Å². The summed E-state index contributed by atoms with van der Waals surface area (Å²) in [5.41, 5.74) is 5.48. The van der Waals surface area contributed by atoms with Gasteiger partial charge in [-0.05, 0) is 82.9 Å². The first kappa shape index (κ1) is 32.2.